The molecular weight excluding hydrogens is 344 g/mol. The van der Waals surface area contributed by atoms with Gasteiger partial charge in [-0.25, -0.2) is 0 Å². The van der Waals surface area contributed by atoms with Gasteiger partial charge in [-0.15, -0.1) is 0 Å². The summed E-state index contributed by atoms with van der Waals surface area (Å²) in [6, 6.07) is 24.2. The SMILES string of the molecule is Cc1cc(C=N[C@@H](C)c2ccccc2)c(O)c(C=N[C@H](C)c2ccccc2)c1. The summed E-state index contributed by atoms with van der Waals surface area (Å²) in [5, 5.41) is 10.7. The second kappa shape index (κ2) is 9.14. The minimum Gasteiger partial charge on any atom is -0.507 e. The number of aliphatic imine (C=N–C) groups is 2. The van der Waals surface area contributed by atoms with Crippen molar-refractivity contribution in [1.82, 2.24) is 0 Å². The fourth-order valence-electron chi connectivity index (χ4n) is 3.05. The van der Waals surface area contributed by atoms with Crippen molar-refractivity contribution in [3.05, 3.63) is 101 Å². The number of nitrogens with zero attached hydrogens (tertiary/aromatic N) is 2. The predicted octanol–water partition coefficient (Wildman–Crippen LogP) is 6.06. The van der Waals surface area contributed by atoms with Crippen LogP contribution in [0.15, 0.2) is 82.8 Å². The number of benzene rings is 3. The van der Waals surface area contributed by atoms with Crippen LogP contribution in [0.4, 0.5) is 0 Å². The zero-order chi connectivity index (χ0) is 19.9. The van der Waals surface area contributed by atoms with Crippen LogP contribution >= 0.6 is 0 Å². The van der Waals surface area contributed by atoms with Gasteiger partial charge in [0.1, 0.15) is 5.75 Å². The average molecular weight is 370 g/mol. The first-order valence-electron chi connectivity index (χ1n) is 9.54. The monoisotopic (exact) mass is 370 g/mol. The minimum atomic E-state index is 0.0244. The Kier molecular flexibility index (Phi) is 6.38. The summed E-state index contributed by atoms with van der Waals surface area (Å²) in [6.07, 6.45) is 3.50. The van der Waals surface area contributed by atoms with E-state index >= 15 is 0 Å². The second-order valence-corrected chi connectivity index (χ2v) is 7.02. The Bertz CT molecular complexity index is 886. The molecule has 0 unspecified atom stereocenters. The molecule has 3 heteroatoms. The first-order valence-corrected chi connectivity index (χ1v) is 9.54. The van der Waals surface area contributed by atoms with Crippen LogP contribution in [0.3, 0.4) is 0 Å². The highest BCUT2D eigenvalue weighted by Gasteiger charge is 2.08. The van der Waals surface area contributed by atoms with Crippen LogP contribution in [0.2, 0.25) is 0 Å². The summed E-state index contributed by atoms with van der Waals surface area (Å²) < 4.78 is 0. The summed E-state index contributed by atoms with van der Waals surface area (Å²) in [4.78, 5) is 9.24. The standard InChI is InChI=1S/C25H26N2O/c1-18-14-23(16-26-19(2)21-10-6-4-7-11-21)25(28)24(15-18)17-27-20(3)22-12-8-5-9-13-22/h4-17,19-20,28H,1-3H3/t19-,20+. The van der Waals surface area contributed by atoms with Gasteiger partial charge in [0.2, 0.25) is 0 Å². The van der Waals surface area contributed by atoms with Crippen LogP contribution in [0.25, 0.3) is 0 Å². The Morgan fingerprint density at radius 2 is 1.11 bits per heavy atom. The average Bonchev–Trinajstić information content (AvgIpc) is 2.73. The van der Waals surface area contributed by atoms with Crippen molar-refractivity contribution in [3.8, 4) is 5.75 Å². The maximum absolute atomic E-state index is 10.7. The molecule has 28 heavy (non-hydrogen) atoms. The van der Waals surface area contributed by atoms with E-state index in [1.807, 2.05) is 69.3 Å². The first kappa shape index (κ1) is 19.6. The molecule has 0 saturated heterocycles. The zero-order valence-electron chi connectivity index (χ0n) is 16.6. The Morgan fingerprint density at radius 3 is 1.50 bits per heavy atom. The van der Waals surface area contributed by atoms with E-state index in [2.05, 4.69) is 34.3 Å². The number of phenolic OH excluding ortho intramolecular Hbond substituents is 1. The molecule has 0 amide bonds. The van der Waals surface area contributed by atoms with E-state index in [4.69, 9.17) is 0 Å². The van der Waals surface area contributed by atoms with Gasteiger partial charge in [0.05, 0.1) is 12.1 Å². The molecule has 0 bridgehead atoms. The smallest absolute Gasteiger partial charge is 0.133 e. The highest BCUT2D eigenvalue weighted by molar-refractivity contribution is 5.92. The van der Waals surface area contributed by atoms with Crippen LogP contribution in [-0.2, 0) is 0 Å². The molecule has 0 heterocycles. The number of aryl methyl sites for hydroxylation is 1. The van der Waals surface area contributed by atoms with Gasteiger partial charge in [0.15, 0.2) is 0 Å². The Morgan fingerprint density at radius 1 is 0.714 bits per heavy atom. The largest absolute Gasteiger partial charge is 0.507 e. The van der Waals surface area contributed by atoms with Crippen LogP contribution < -0.4 is 0 Å². The van der Waals surface area contributed by atoms with Crippen LogP contribution in [0.5, 0.6) is 5.75 Å². The third-order valence-electron chi connectivity index (χ3n) is 4.75. The molecule has 0 aliphatic rings. The molecule has 0 aliphatic carbocycles. The second-order valence-electron chi connectivity index (χ2n) is 7.02. The topological polar surface area (TPSA) is 45.0 Å². The van der Waals surface area contributed by atoms with Crippen LogP contribution in [-0.4, -0.2) is 17.5 Å². The Labute approximate surface area is 167 Å². The summed E-state index contributed by atoms with van der Waals surface area (Å²) >= 11 is 0. The minimum absolute atomic E-state index is 0.0244. The van der Waals surface area contributed by atoms with Crippen LogP contribution in [0.1, 0.15) is 53.7 Å². The molecule has 0 aliphatic heterocycles. The molecule has 0 saturated carbocycles. The van der Waals surface area contributed by atoms with Crippen molar-refractivity contribution in [2.45, 2.75) is 32.9 Å². The van der Waals surface area contributed by atoms with E-state index in [-0.39, 0.29) is 17.8 Å². The van der Waals surface area contributed by atoms with E-state index in [1.165, 1.54) is 0 Å². The lowest BCUT2D eigenvalue weighted by molar-refractivity contribution is 0.473. The molecular formula is C25H26N2O. The molecule has 2 atom stereocenters. The normalized spacial score (nSPS) is 13.8. The van der Waals surface area contributed by atoms with E-state index in [0.717, 1.165) is 16.7 Å². The lowest BCUT2D eigenvalue weighted by Crippen LogP contribution is -1.96. The van der Waals surface area contributed by atoms with Gasteiger partial charge in [-0.3, -0.25) is 9.98 Å². The molecule has 0 spiro atoms. The van der Waals surface area contributed by atoms with Crippen molar-refractivity contribution in [2.24, 2.45) is 9.98 Å². The number of rotatable bonds is 6. The molecule has 142 valence electrons. The van der Waals surface area contributed by atoms with Gasteiger partial charge < -0.3 is 5.11 Å². The van der Waals surface area contributed by atoms with Gasteiger partial charge in [0, 0.05) is 23.6 Å². The van der Waals surface area contributed by atoms with E-state index in [9.17, 15) is 5.11 Å². The lowest BCUT2D eigenvalue weighted by atomic mass is 10.0. The molecule has 3 rings (SSSR count). The molecule has 3 aromatic carbocycles. The van der Waals surface area contributed by atoms with Gasteiger partial charge in [-0.05, 0) is 49.6 Å². The van der Waals surface area contributed by atoms with Gasteiger partial charge in [-0.2, -0.15) is 0 Å². The molecule has 3 nitrogen and oxygen atoms in total. The summed E-state index contributed by atoms with van der Waals surface area (Å²) in [5.41, 5.74) is 4.75. The van der Waals surface area contributed by atoms with Gasteiger partial charge in [0.25, 0.3) is 0 Å². The third-order valence-corrected chi connectivity index (χ3v) is 4.75. The number of phenols is 1. The van der Waals surface area contributed by atoms with Gasteiger partial charge in [-0.1, -0.05) is 60.7 Å². The lowest BCUT2D eigenvalue weighted by Gasteiger charge is -2.09. The quantitative estimate of drug-likeness (QED) is 0.527. The predicted molar refractivity (Wildman–Crippen MR) is 118 cm³/mol. The highest BCUT2D eigenvalue weighted by atomic mass is 16.3. The van der Waals surface area contributed by atoms with Gasteiger partial charge >= 0.3 is 0 Å². The highest BCUT2D eigenvalue weighted by Crippen LogP contribution is 2.24. The van der Waals surface area contributed by atoms with Crippen LogP contribution in [0, 0.1) is 6.92 Å². The fourth-order valence-corrected chi connectivity index (χ4v) is 3.05. The zero-order valence-corrected chi connectivity index (χ0v) is 16.6. The summed E-state index contributed by atoms with van der Waals surface area (Å²) in [7, 11) is 0. The number of aromatic hydroxyl groups is 1. The number of hydrogen-bond donors (Lipinski definition) is 1. The molecule has 0 fully saturated rings. The molecule has 0 aromatic heterocycles. The number of hydrogen-bond acceptors (Lipinski definition) is 3. The maximum Gasteiger partial charge on any atom is 0.133 e. The summed E-state index contributed by atoms with van der Waals surface area (Å²) in [6.45, 7) is 6.10. The first-order chi connectivity index (χ1) is 13.5. The van der Waals surface area contributed by atoms with Crippen molar-refractivity contribution in [1.29, 1.82) is 0 Å². The van der Waals surface area contributed by atoms with Crippen molar-refractivity contribution in [3.63, 3.8) is 0 Å². The van der Waals surface area contributed by atoms with Crippen molar-refractivity contribution < 1.29 is 5.11 Å². The third kappa shape index (κ3) is 4.95. The molecule has 0 radical (unpaired) electrons. The van der Waals surface area contributed by atoms with E-state index in [1.54, 1.807) is 12.4 Å². The maximum atomic E-state index is 10.7. The Balaban J connectivity index is 1.82. The van der Waals surface area contributed by atoms with E-state index < -0.39 is 0 Å². The fraction of sp³-hybridized carbons (Fsp3) is 0.200. The van der Waals surface area contributed by atoms with Crippen molar-refractivity contribution in [2.75, 3.05) is 0 Å². The summed E-state index contributed by atoms with van der Waals surface area (Å²) in [5.74, 6) is 0.207. The van der Waals surface area contributed by atoms with Crippen molar-refractivity contribution >= 4 is 12.4 Å². The molecule has 3 aromatic rings. The van der Waals surface area contributed by atoms with E-state index in [0.29, 0.717) is 11.1 Å². The Hall–Kier alpha value is -3.20. The molecule has 1 N–H and O–H groups in total.